The second kappa shape index (κ2) is 9.99. The summed E-state index contributed by atoms with van der Waals surface area (Å²) in [6, 6.07) is 0. The first-order valence-corrected chi connectivity index (χ1v) is 5.58. The molecule has 90 valence electrons. The molecular formula is C12H20N2O2. The molecule has 0 heterocycles. The van der Waals surface area contributed by atoms with Gasteiger partial charge in [0, 0.05) is 19.5 Å². The van der Waals surface area contributed by atoms with Gasteiger partial charge in [0.05, 0.1) is 6.42 Å². The average Bonchev–Trinajstić information content (AvgIpc) is 2.30. The first-order valence-electron chi connectivity index (χ1n) is 5.58. The summed E-state index contributed by atoms with van der Waals surface area (Å²) in [5, 5.41) is 5.55. The molecule has 0 aromatic heterocycles. The quantitative estimate of drug-likeness (QED) is 0.480. The summed E-state index contributed by atoms with van der Waals surface area (Å²) in [5.41, 5.74) is 2.54. The molecule has 0 atom stereocenters. The SMILES string of the molecule is C=C=CCC(=O)NCCCCNC(=O)CC. The minimum Gasteiger partial charge on any atom is -0.356 e. The Balaban J connectivity index is 3.30. The maximum atomic E-state index is 11.1. The number of hydrogen-bond acceptors (Lipinski definition) is 2. The highest BCUT2D eigenvalue weighted by Gasteiger charge is 1.97. The zero-order chi connectivity index (χ0) is 12.2. The first-order chi connectivity index (χ1) is 7.70. The van der Waals surface area contributed by atoms with Gasteiger partial charge in [0.2, 0.25) is 11.8 Å². The lowest BCUT2D eigenvalue weighted by Crippen LogP contribution is -2.26. The number of carbonyl (C=O) groups is 2. The molecule has 0 unspecified atom stereocenters. The highest BCUT2D eigenvalue weighted by Crippen LogP contribution is 1.87. The Morgan fingerprint density at radius 1 is 1.19 bits per heavy atom. The third-order valence-electron chi connectivity index (χ3n) is 2.00. The minimum absolute atomic E-state index is 0.0197. The lowest BCUT2D eigenvalue weighted by molar-refractivity contribution is -0.121. The molecule has 2 amide bonds. The summed E-state index contributed by atoms with van der Waals surface area (Å²) in [4.78, 5) is 22.0. The predicted molar refractivity (Wildman–Crippen MR) is 63.9 cm³/mol. The molecule has 4 heteroatoms. The van der Waals surface area contributed by atoms with Crippen molar-refractivity contribution in [2.75, 3.05) is 13.1 Å². The third-order valence-corrected chi connectivity index (χ3v) is 2.00. The van der Waals surface area contributed by atoms with Crippen molar-refractivity contribution in [3.63, 3.8) is 0 Å². The molecular weight excluding hydrogens is 204 g/mol. The van der Waals surface area contributed by atoms with Gasteiger partial charge in [-0.1, -0.05) is 13.5 Å². The molecule has 16 heavy (non-hydrogen) atoms. The van der Waals surface area contributed by atoms with Gasteiger partial charge in [-0.15, -0.1) is 5.73 Å². The van der Waals surface area contributed by atoms with Crippen LogP contribution in [0.2, 0.25) is 0 Å². The standard InChI is InChI=1S/C12H20N2O2/c1-3-5-8-12(16)14-10-7-6-9-13-11(15)4-2/h5H,1,4,6-10H2,2H3,(H,13,15)(H,14,16). The molecule has 0 saturated heterocycles. The zero-order valence-electron chi connectivity index (χ0n) is 9.84. The maximum Gasteiger partial charge on any atom is 0.224 e. The van der Waals surface area contributed by atoms with Gasteiger partial charge < -0.3 is 10.6 Å². The Labute approximate surface area is 96.8 Å². The Morgan fingerprint density at radius 3 is 2.25 bits per heavy atom. The van der Waals surface area contributed by atoms with Gasteiger partial charge in [0.15, 0.2) is 0 Å². The molecule has 0 rings (SSSR count). The van der Waals surface area contributed by atoms with E-state index < -0.39 is 0 Å². The number of nitrogens with one attached hydrogen (secondary N) is 2. The number of amides is 2. The van der Waals surface area contributed by atoms with E-state index in [0.29, 0.717) is 25.9 Å². The van der Waals surface area contributed by atoms with Crippen LogP contribution in [0.15, 0.2) is 18.4 Å². The van der Waals surface area contributed by atoms with Crippen LogP contribution in [0.4, 0.5) is 0 Å². The van der Waals surface area contributed by atoms with Crippen LogP contribution in [-0.2, 0) is 9.59 Å². The Kier molecular flexibility index (Phi) is 9.03. The fraction of sp³-hybridized carbons (Fsp3) is 0.583. The molecule has 4 nitrogen and oxygen atoms in total. The van der Waals surface area contributed by atoms with Crippen molar-refractivity contribution in [1.29, 1.82) is 0 Å². The van der Waals surface area contributed by atoms with Crippen molar-refractivity contribution >= 4 is 11.8 Å². The highest BCUT2D eigenvalue weighted by molar-refractivity contribution is 5.77. The first kappa shape index (κ1) is 14.5. The van der Waals surface area contributed by atoms with Crippen molar-refractivity contribution in [3.05, 3.63) is 18.4 Å². The maximum absolute atomic E-state index is 11.1. The van der Waals surface area contributed by atoms with Gasteiger partial charge in [-0.05, 0) is 18.9 Å². The molecule has 2 N–H and O–H groups in total. The number of carbonyl (C=O) groups excluding carboxylic acids is 2. The van der Waals surface area contributed by atoms with Crippen molar-refractivity contribution < 1.29 is 9.59 Å². The Hall–Kier alpha value is -1.54. The van der Waals surface area contributed by atoms with Gasteiger partial charge in [-0.3, -0.25) is 9.59 Å². The van der Waals surface area contributed by atoms with E-state index in [4.69, 9.17) is 0 Å². The van der Waals surface area contributed by atoms with Crippen molar-refractivity contribution in [2.24, 2.45) is 0 Å². The average molecular weight is 224 g/mol. The normalized spacial score (nSPS) is 9.06. The van der Waals surface area contributed by atoms with Gasteiger partial charge in [0.1, 0.15) is 0 Å². The third kappa shape index (κ3) is 9.03. The molecule has 0 spiro atoms. The zero-order valence-corrected chi connectivity index (χ0v) is 9.84. The molecule has 0 aromatic carbocycles. The number of hydrogen-bond donors (Lipinski definition) is 2. The van der Waals surface area contributed by atoms with Gasteiger partial charge in [-0.2, -0.15) is 0 Å². The summed E-state index contributed by atoms with van der Waals surface area (Å²) in [5.74, 6) is 0.0499. The topological polar surface area (TPSA) is 58.2 Å². The van der Waals surface area contributed by atoms with E-state index in [0.717, 1.165) is 12.8 Å². The van der Waals surface area contributed by atoms with Crippen molar-refractivity contribution in [1.82, 2.24) is 10.6 Å². The van der Waals surface area contributed by atoms with E-state index in [2.05, 4.69) is 22.9 Å². The fourth-order valence-electron chi connectivity index (χ4n) is 1.07. The van der Waals surface area contributed by atoms with Crippen LogP contribution < -0.4 is 10.6 Å². The van der Waals surface area contributed by atoms with Crippen LogP contribution in [0.1, 0.15) is 32.6 Å². The molecule has 0 aliphatic heterocycles. The van der Waals surface area contributed by atoms with Gasteiger partial charge in [0.25, 0.3) is 0 Å². The van der Waals surface area contributed by atoms with Crippen LogP contribution in [0.5, 0.6) is 0 Å². The van der Waals surface area contributed by atoms with E-state index in [1.807, 2.05) is 6.92 Å². The van der Waals surface area contributed by atoms with E-state index in [1.165, 1.54) is 0 Å². The summed E-state index contributed by atoms with van der Waals surface area (Å²) in [6.07, 6.45) is 4.19. The number of rotatable bonds is 8. The highest BCUT2D eigenvalue weighted by atomic mass is 16.2. The lowest BCUT2D eigenvalue weighted by atomic mass is 10.3. The van der Waals surface area contributed by atoms with Crippen LogP contribution in [0, 0.1) is 0 Å². The van der Waals surface area contributed by atoms with Gasteiger partial charge >= 0.3 is 0 Å². The Morgan fingerprint density at radius 2 is 1.75 bits per heavy atom. The molecule has 0 saturated carbocycles. The molecule has 0 bridgehead atoms. The summed E-state index contributed by atoms with van der Waals surface area (Å²) in [6.45, 7) is 6.52. The second-order valence-electron chi connectivity index (χ2n) is 3.37. The number of unbranched alkanes of at least 4 members (excludes halogenated alkanes) is 1. The molecule has 0 fully saturated rings. The van der Waals surface area contributed by atoms with Crippen molar-refractivity contribution in [3.8, 4) is 0 Å². The second-order valence-corrected chi connectivity index (χ2v) is 3.37. The summed E-state index contributed by atoms with van der Waals surface area (Å²) in [7, 11) is 0. The predicted octanol–water partition coefficient (Wildman–Crippen LogP) is 1.14. The van der Waals surface area contributed by atoms with Crippen LogP contribution >= 0.6 is 0 Å². The van der Waals surface area contributed by atoms with Crippen molar-refractivity contribution in [2.45, 2.75) is 32.6 Å². The largest absolute Gasteiger partial charge is 0.356 e. The van der Waals surface area contributed by atoms with E-state index >= 15 is 0 Å². The smallest absolute Gasteiger partial charge is 0.224 e. The van der Waals surface area contributed by atoms with Crippen LogP contribution in [0.25, 0.3) is 0 Å². The lowest BCUT2D eigenvalue weighted by Gasteiger charge is -2.04. The van der Waals surface area contributed by atoms with Crippen LogP contribution in [0.3, 0.4) is 0 Å². The monoisotopic (exact) mass is 224 g/mol. The summed E-state index contributed by atoms with van der Waals surface area (Å²) >= 11 is 0. The van der Waals surface area contributed by atoms with E-state index in [1.54, 1.807) is 6.08 Å². The Bertz CT molecular complexity index is 268. The molecule has 0 aliphatic carbocycles. The summed E-state index contributed by atoms with van der Waals surface area (Å²) < 4.78 is 0. The molecule has 0 aliphatic rings. The van der Waals surface area contributed by atoms with Gasteiger partial charge in [-0.25, -0.2) is 0 Å². The van der Waals surface area contributed by atoms with E-state index in [9.17, 15) is 9.59 Å². The fourth-order valence-corrected chi connectivity index (χ4v) is 1.07. The minimum atomic E-state index is -0.0197. The van der Waals surface area contributed by atoms with E-state index in [-0.39, 0.29) is 11.8 Å². The molecule has 0 radical (unpaired) electrons. The molecule has 0 aromatic rings. The van der Waals surface area contributed by atoms with Crippen LogP contribution in [-0.4, -0.2) is 24.9 Å².